The summed E-state index contributed by atoms with van der Waals surface area (Å²) in [5, 5.41) is 3.44. The first-order chi connectivity index (χ1) is 11.0. The van der Waals surface area contributed by atoms with Gasteiger partial charge in [-0.3, -0.25) is 14.6 Å². The second kappa shape index (κ2) is 7.94. The number of hydrogen-bond acceptors (Lipinski definition) is 3. The van der Waals surface area contributed by atoms with E-state index < -0.39 is 0 Å². The van der Waals surface area contributed by atoms with Crippen LogP contribution in [0.1, 0.15) is 12.6 Å². The van der Waals surface area contributed by atoms with Crippen LogP contribution < -0.4 is 5.32 Å². The topological polar surface area (TPSA) is 62.3 Å². The summed E-state index contributed by atoms with van der Waals surface area (Å²) in [4.78, 5) is 29.4. The van der Waals surface area contributed by atoms with Gasteiger partial charge in [0.05, 0.1) is 22.3 Å². The maximum absolute atomic E-state index is 12.1. The number of carbonyl (C=O) groups excluding carboxylic acids is 2. The van der Waals surface area contributed by atoms with E-state index in [2.05, 4.69) is 10.3 Å². The molecule has 0 aliphatic rings. The molecule has 5 nitrogen and oxygen atoms in total. The van der Waals surface area contributed by atoms with E-state index in [-0.39, 0.29) is 24.9 Å². The van der Waals surface area contributed by atoms with Gasteiger partial charge < -0.3 is 10.2 Å². The summed E-state index contributed by atoms with van der Waals surface area (Å²) in [5.74, 6) is -0.533. The highest BCUT2D eigenvalue weighted by molar-refractivity contribution is 6.42. The summed E-state index contributed by atoms with van der Waals surface area (Å²) in [6, 6.07) is 10.2. The minimum absolute atomic E-state index is 0.0772. The third-order valence-electron chi connectivity index (χ3n) is 3.06. The lowest BCUT2D eigenvalue weighted by Crippen LogP contribution is -2.36. The van der Waals surface area contributed by atoms with E-state index in [0.29, 0.717) is 21.4 Å². The number of benzene rings is 1. The molecule has 0 atom stereocenters. The number of rotatable bonds is 5. The average Bonchev–Trinajstić information content (AvgIpc) is 2.51. The van der Waals surface area contributed by atoms with Crippen molar-refractivity contribution in [2.75, 3.05) is 11.9 Å². The zero-order valence-corrected chi connectivity index (χ0v) is 13.9. The first kappa shape index (κ1) is 17.2. The number of nitrogens with one attached hydrogen (secondary N) is 1. The van der Waals surface area contributed by atoms with Gasteiger partial charge in [0.15, 0.2) is 0 Å². The lowest BCUT2D eigenvalue weighted by Gasteiger charge is -2.20. The van der Waals surface area contributed by atoms with Gasteiger partial charge in [-0.25, -0.2) is 0 Å². The molecule has 23 heavy (non-hydrogen) atoms. The van der Waals surface area contributed by atoms with Crippen LogP contribution in [0.15, 0.2) is 42.6 Å². The van der Waals surface area contributed by atoms with E-state index in [0.717, 1.165) is 0 Å². The second-order valence-electron chi connectivity index (χ2n) is 4.87. The minimum atomic E-state index is -0.325. The number of nitrogens with zero attached hydrogens (tertiary/aromatic N) is 2. The van der Waals surface area contributed by atoms with Crippen LogP contribution in [0.4, 0.5) is 5.69 Å². The van der Waals surface area contributed by atoms with Gasteiger partial charge in [-0.05, 0) is 30.3 Å². The monoisotopic (exact) mass is 351 g/mol. The van der Waals surface area contributed by atoms with Crippen molar-refractivity contribution in [3.05, 3.63) is 58.3 Å². The summed E-state index contributed by atoms with van der Waals surface area (Å²) in [5.41, 5.74) is 1.23. The second-order valence-corrected chi connectivity index (χ2v) is 5.69. The Morgan fingerprint density at radius 3 is 2.57 bits per heavy atom. The van der Waals surface area contributed by atoms with Crippen LogP contribution in [0.5, 0.6) is 0 Å². The normalized spacial score (nSPS) is 10.2. The Morgan fingerprint density at radius 1 is 1.17 bits per heavy atom. The Balaban J connectivity index is 2.00. The van der Waals surface area contributed by atoms with Crippen LogP contribution in [-0.4, -0.2) is 28.2 Å². The van der Waals surface area contributed by atoms with E-state index in [1.54, 1.807) is 36.5 Å². The lowest BCUT2D eigenvalue weighted by molar-refractivity contribution is -0.133. The van der Waals surface area contributed by atoms with Crippen molar-refractivity contribution in [3.63, 3.8) is 0 Å². The number of aromatic nitrogens is 1. The van der Waals surface area contributed by atoms with Crippen molar-refractivity contribution in [1.82, 2.24) is 9.88 Å². The summed E-state index contributed by atoms with van der Waals surface area (Å²) in [6.45, 7) is 1.60. The van der Waals surface area contributed by atoms with Crippen molar-refractivity contribution in [2.24, 2.45) is 0 Å². The molecule has 1 N–H and O–H groups in total. The zero-order chi connectivity index (χ0) is 16.8. The molecule has 0 saturated carbocycles. The Kier molecular flexibility index (Phi) is 5.96. The van der Waals surface area contributed by atoms with Crippen molar-refractivity contribution in [3.8, 4) is 0 Å². The van der Waals surface area contributed by atoms with Gasteiger partial charge in [-0.2, -0.15) is 0 Å². The van der Waals surface area contributed by atoms with Gasteiger partial charge in [0.2, 0.25) is 11.8 Å². The molecular formula is C16H15Cl2N3O2. The number of amides is 2. The number of anilines is 1. The molecular weight excluding hydrogens is 337 g/mol. The Bertz CT molecular complexity index is 708. The van der Waals surface area contributed by atoms with Gasteiger partial charge in [-0.1, -0.05) is 29.3 Å². The molecule has 0 aliphatic carbocycles. The van der Waals surface area contributed by atoms with E-state index >= 15 is 0 Å². The largest absolute Gasteiger partial charge is 0.328 e. The van der Waals surface area contributed by atoms with Crippen LogP contribution in [0.2, 0.25) is 10.0 Å². The number of halogens is 2. The van der Waals surface area contributed by atoms with Crippen LogP contribution in [0, 0.1) is 0 Å². The minimum Gasteiger partial charge on any atom is -0.328 e. The third-order valence-corrected chi connectivity index (χ3v) is 3.80. The van der Waals surface area contributed by atoms with Crippen molar-refractivity contribution >= 4 is 40.7 Å². The molecule has 7 heteroatoms. The molecule has 1 aromatic heterocycles. The fraction of sp³-hybridized carbons (Fsp3) is 0.188. The van der Waals surface area contributed by atoms with Crippen LogP contribution in [0.3, 0.4) is 0 Å². The molecule has 0 spiro atoms. The predicted molar refractivity (Wildman–Crippen MR) is 90.4 cm³/mol. The number of hydrogen-bond donors (Lipinski definition) is 1. The van der Waals surface area contributed by atoms with Crippen LogP contribution in [0.25, 0.3) is 0 Å². The van der Waals surface area contributed by atoms with Gasteiger partial charge in [0.25, 0.3) is 0 Å². The smallest absolute Gasteiger partial charge is 0.244 e. The summed E-state index contributed by atoms with van der Waals surface area (Å²) in [7, 11) is 0. The summed E-state index contributed by atoms with van der Waals surface area (Å²) < 4.78 is 0. The molecule has 0 bridgehead atoms. The molecule has 0 saturated heterocycles. The molecule has 0 fully saturated rings. The lowest BCUT2D eigenvalue weighted by atomic mass is 10.3. The molecule has 0 aliphatic heterocycles. The fourth-order valence-electron chi connectivity index (χ4n) is 1.91. The van der Waals surface area contributed by atoms with E-state index in [1.165, 1.54) is 11.8 Å². The maximum atomic E-state index is 12.1. The Morgan fingerprint density at radius 2 is 1.96 bits per heavy atom. The quantitative estimate of drug-likeness (QED) is 0.897. The van der Waals surface area contributed by atoms with E-state index in [9.17, 15) is 9.59 Å². The highest BCUT2D eigenvalue weighted by atomic mass is 35.5. The SMILES string of the molecule is CC(=O)N(CC(=O)Nc1ccc(Cl)c(Cl)c1)Cc1ccccn1. The van der Waals surface area contributed by atoms with Gasteiger partial charge in [-0.15, -0.1) is 0 Å². The highest BCUT2D eigenvalue weighted by Crippen LogP contribution is 2.24. The molecule has 0 unspecified atom stereocenters. The third kappa shape index (κ3) is 5.23. The molecule has 0 radical (unpaired) electrons. The highest BCUT2D eigenvalue weighted by Gasteiger charge is 2.15. The number of carbonyl (C=O) groups is 2. The molecule has 1 aromatic carbocycles. The Labute approximate surface area is 144 Å². The molecule has 2 aromatic rings. The zero-order valence-electron chi connectivity index (χ0n) is 12.4. The summed E-state index contributed by atoms with van der Waals surface area (Å²) in [6.07, 6.45) is 1.64. The molecule has 120 valence electrons. The van der Waals surface area contributed by atoms with Gasteiger partial charge in [0, 0.05) is 18.8 Å². The van der Waals surface area contributed by atoms with Crippen LogP contribution in [-0.2, 0) is 16.1 Å². The van der Waals surface area contributed by atoms with Crippen molar-refractivity contribution < 1.29 is 9.59 Å². The standard InChI is InChI=1S/C16H15Cl2N3O2/c1-11(22)21(9-13-4-2-3-7-19-13)10-16(23)20-12-5-6-14(17)15(18)8-12/h2-8H,9-10H2,1H3,(H,20,23). The first-order valence-corrected chi connectivity index (χ1v) is 7.61. The van der Waals surface area contributed by atoms with Crippen molar-refractivity contribution in [1.29, 1.82) is 0 Å². The van der Waals surface area contributed by atoms with E-state index in [4.69, 9.17) is 23.2 Å². The molecule has 2 rings (SSSR count). The summed E-state index contributed by atoms with van der Waals surface area (Å²) >= 11 is 11.7. The number of pyridine rings is 1. The maximum Gasteiger partial charge on any atom is 0.244 e. The molecule has 1 heterocycles. The van der Waals surface area contributed by atoms with Crippen LogP contribution >= 0.6 is 23.2 Å². The Hall–Kier alpha value is -2.11. The van der Waals surface area contributed by atoms with Gasteiger partial charge >= 0.3 is 0 Å². The first-order valence-electron chi connectivity index (χ1n) is 6.86. The van der Waals surface area contributed by atoms with Gasteiger partial charge in [0.1, 0.15) is 6.54 Å². The fourth-order valence-corrected chi connectivity index (χ4v) is 2.21. The molecule has 2 amide bonds. The van der Waals surface area contributed by atoms with E-state index in [1.807, 2.05) is 6.07 Å². The van der Waals surface area contributed by atoms with Crippen molar-refractivity contribution in [2.45, 2.75) is 13.5 Å². The average molecular weight is 352 g/mol. The predicted octanol–water partition coefficient (Wildman–Crippen LogP) is 3.38.